The molecule has 2 amide bonds. The fraction of sp³-hybridized carbons (Fsp3) is 0.429. The highest BCUT2D eigenvalue weighted by Gasteiger charge is 2.11. The van der Waals surface area contributed by atoms with Gasteiger partial charge < -0.3 is 20.2 Å². The van der Waals surface area contributed by atoms with E-state index in [0.29, 0.717) is 18.7 Å². The number of amides is 2. The molecule has 0 fully saturated rings. The molecule has 0 aliphatic carbocycles. The van der Waals surface area contributed by atoms with Crippen LogP contribution >= 0.6 is 11.3 Å². The van der Waals surface area contributed by atoms with Crippen LogP contribution in [0.5, 0.6) is 0 Å². The van der Waals surface area contributed by atoms with Crippen LogP contribution in [-0.4, -0.2) is 29.2 Å². The van der Waals surface area contributed by atoms with Gasteiger partial charge in [0.15, 0.2) is 0 Å². The first-order valence-electron chi connectivity index (χ1n) is 6.85. The summed E-state index contributed by atoms with van der Waals surface area (Å²) in [6, 6.07) is 3.04. The van der Waals surface area contributed by atoms with Crippen LogP contribution < -0.4 is 10.6 Å². The smallest absolute Gasteiger partial charge is 0.314 e. The SMILES string of the molecule is CCc1cnc(CCNC(=O)NCC(O)c2ccco2)s1. The third kappa shape index (κ3) is 4.87. The Bertz CT molecular complexity index is 554. The zero-order chi connectivity index (χ0) is 15.1. The van der Waals surface area contributed by atoms with E-state index in [1.165, 1.54) is 11.1 Å². The molecule has 0 saturated heterocycles. The van der Waals surface area contributed by atoms with Crippen LogP contribution in [0.2, 0.25) is 0 Å². The van der Waals surface area contributed by atoms with Gasteiger partial charge in [-0.1, -0.05) is 6.92 Å². The van der Waals surface area contributed by atoms with Gasteiger partial charge in [0.2, 0.25) is 0 Å². The van der Waals surface area contributed by atoms with Gasteiger partial charge in [-0.15, -0.1) is 11.3 Å². The Morgan fingerprint density at radius 3 is 3.05 bits per heavy atom. The second kappa shape index (κ2) is 7.80. The number of rotatable bonds is 7. The molecule has 0 saturated carbocycles. The summed E-state index contributed by atoms with van der Waals surface area (Å²) >= 11 is 1.67. The number of carbonyl (C=O) groups excluding carboxylic acids is 1. The van der Waals surface area contributed by atoms with Crippen molar-refractivity contribution < 1.29 is 14.3 Å². The van der Waals surface area contributed by atoms with Crippen molar-refractivity contribution in [3.8, 4) is 0 Å². The van der Waals surface area contributed by atoms with Gasteiger partial charge in [0, 0.05) is 24.0 Å². The van der Waals surface area contributed by atoms with E-state index in [4.69, 9.17) is 4.42 Å². The molecule has 2 heterocycles. The van der Waals surface area contributed by atoms with Crippen molar-refractivity contribution in [1.29, 1.82) is 0 Å². The minimum absolute atomic E-state index is 0.108. The lowest BCUT2D eigenvalue weighted by Crippen LogP contribution is -2.38. The van der Waals surface area contributed by atoms with Crippen LogP contribution in [0, 0.1) is 0 Å². The monoisotopic (exact) mass is 309 g/mol. The van der Waals surface area contributed by atoms with Crippen molar-refractivity contribution in [1.82, 2.24) is 15.6 Å². The largest absolute Gasteiger partial charge is 0.467 e. The molecule has 2 rings (SSSR count). The molecule has 1 unspecified atom stereocenters. The van der Waals surface area contributed by atoms with Crippen molar-refractivity contribution in [2.75, 3.05) is 13.1 Å². The standard InChI is InChI=1S/C14H19N3O3S/c1-2-10-8-16-13(21-10)5-6-15-14(19)17-9-11(18)12-4-3-7-20-12/h3-4,7-8,11,18H,2,5-6,9H2,1H3,(H2,15,17,19). The summed E-state index contributed by atoms with van der Waals surface area (Å²) in [5.41, 5.74) is 0. The average molecular weight is 309 g/mol. The molecule has 2 aromatic heterocycles. The van der Waals surface area contributed by atoms with E-state index < -0.39 is 6.10 Å². The van der Waals surface area contributed by atoms with Crippen molar-refractivity contribution in [2.45, 2.75) is 25.9 Å². The maximum absolute atomic E-state index is 11.6. The molecular weight excluding hydrogens is 290 g/mol. The average Bonchev–Trinajstić information content (AvgIpc) is 3.16. The lowest BCUT2D eigenvalue weighted by Gasteiger charge is -2.10. The van der Waals surface area contributed by atoms with E-state index in [1.54, 1.807) is 23.5 Å². The number of thiazole rings is 1. The van der Waals surface area contributed by atoms with Gasteiger partial charge in [-0.3, -0.25) is 0 Å². The number of hydrogen-bond donors (Lipinski definition) is 3. The lowest BCUT2D eigenvalue weighted by atomic mass is 10.3. The van der Waals surface area contributed by atoms with E-state index in [9.17, 15) is 9.90 Å². The number of aromatic nitrogens is 1. The summed E-state index contributed by atoms with van der Waals surface area (Å²) in [5, 5.41) is 16.1. The molecule has 0 aliphatic rings. The van der Waals surface area contributed by atoms with Gasteiger partial charge in [-0.25, -0.2) is 9.78 Å². The number of urea groups is 1. The fourth-order valence-electron chi connectivity index (χ4n) is 1.74. The maximum Gasteiger partial charge on any atom is 0.314 e. The Kier molecular flexibility index (Phi) is 5.77. The number of hydrogen-bond acceptors (Lipinski definition) is 5. The molecule has 0 bridgehead atoms. The van der Waals surface area contributed by atoms with Crippen molar-refractivity contribution >= 4 is 17.4 Å². The Labute approximate surface area is 127 Å². The van der Waals surface area contributed by atoms with Gasteiger partial charge in [-0.05, 0) is 18.6 Å². The predicted octanol–water partition coefficient (Wildman–Crippen LogP) is 1.87. The van der Waals surface area contributed by atoms with Crippen LogP contribution in [0.3, 0.4) is 0 Å². The molecule has 0 aliphatic heterocycles. The number of aliphatic hydroxyl groups excluding tert-OH is 1. The molecule has 0 radical (unpaired) electrons. The molecule has 0 aromatic carbocycles. The molecule has 6 nitrogen and oxygen atoms in total. The summed E-state index contributed by atoms with van der Waals surface area (Å²) in [5.74, 6) is 0.435. The number of carbonyl (C=O) groups is 1. The zero-order valence-corrected chi connectivity index (χ0v) is 12.7. The quantitative estimate of drug-likeness (QED) is 0.728. The number of aryl methyl sites for hydroxylation is 1. The predicted molar refractivity (Wildman–Crippen MR) is 80.3 cm³/mol. The van der Waals surface area contributed by atoms with Gasteiger partial charge in [0.05, 0.1) is 17.8 Å². The van der Waals surface area contributed by atoms with E-state index >= 15 is 0 Å². The molecular formula is C14H19N3O3S. The van der Waals surface area contributed by atoms with E-state index in [-0.39, 0.29) is 12.6 Å². The van der Waals surface area contributed by atoms with Crippen LogP contribution in [-0.2, 0) is 12.8 Å². The zero-order valence-electron chi connectivity index (χ0n) is 11.8. The van der Waals surface area contributed by atoms with E-state index in [1.807, 2.05) is 6.20 Å². The highest BCUT2D eigenvalue weighted by molar-refractivity contribution is 7.11. The first-order chi connectivity index (χ1) is 10.2. The second-order valence-electron chi connectivity index (χ2n) is 4.49. The minimum atomic E-state index is -0.836. The summed E-state index contributed by atoms with van der Waals surface area (Å²) in [4.78, 5) is 17.1. The van der Waals surface area contributed by atoms with Crippen LogP contribution in [0.15, 0.2) is 29.0 Å². The molecule has 21 heavy (non-hydrogen) atoms. The molecule has 114 valence electrons. The fourth-order valence-corrected chi connectivity index (χ4v) is 2.61. The molecule has 2 aromatic rings. The lowest BCUT2D eigenvalue weighted by molar-refractivity contribution is 0.148. The van der Waals surface area contributed by atoms with Gasteiger partial charge in [0.25, 0.3) is 0 Å². The number of nitrogens with zero attached hydrogens (tertiary/aromatic N) is 1. The van der Waals surface area contributed by atoms with Crippen LogP contribution in [0.25, 0.3) is 0 Å². The topological polar surface area (TPSA) is 87.4 Å². The molecule has 3 N–H and O–H groups in total. The Morgan fingerprint density at radius 1 is 1.52 bits per heavy atom. The Hall–Kier alpha value is -1.86. The van der Waals surface area contributed by atoms with Crippen LogP contribution in [0.4, 0.5) is 4.79 Å². The van der Waals surface area contributed by atoms with E-state index in [2.05, 4.69) is 22.5 Å². The molecule has 0 spiro atoms. The van der Waals surface area contributed by atoms with Crippen LogP contribution in [0.1, 0.15) is 28.7 Å². The van der Waals surface area contributed by atoms with Gasteiger partial charge >= 0.3 is 6.03 Å². The van der Waals surface area contributed by atoms with E-state index in [0.717, 1.165) is 11.4 Å². The first kappa shape index (κ1) is 15.5. The highest BCUT2D eigenvalue weighted by atomic mass is 32.1. The minimum Gasteiger partial charge on any atom is -0.467 e. The normalized spacial score (nSPS) is 12.1. The van der Waals surface area contributed by atoms with Crippen molar-refractivity contribution in [2.24, 2.45) is 0 Å². The van der Waals surface area contributed by atoms with Crippen molar-refractivity contribution in [3.63, 3.8) is 0 Å². The summed E-state index contributed by atoms with van der Waals surface area (Å²) in [6.45, 7) is 2.71. The summed E-state index contributed by atoms with van der Waals surface area (Å²) in [6.07, 6.45) is 4.21. The Morgan fingerprint density at radius 2 is 2.38 bits per heavy atom. The molecule has 7 heteroatoms. The van der Waals surface area contributed by atoms with Gasteiger partial charge in [0.1, 0.15) is 11.9 Å². The number of aliphatic hydroxyl groups is 1. The van der Waals surface area contributed by atoms with Gasteiger partial charge in [-0.2, -0.15) is 0 Å². The summed E-state index contributed by atoms with van der Waals surface area (Å²) in [7, 11) is 0. The van der Waals surface area contributed by atoms with Crippen molar-refractivity contribution in [3.05, 3.63) is 40.2 Å². The third-order valence-electron chi connectivity index (χ3n) is 2.90. The maximum atomic E-state index is 11.6. The second-order valence-corrected chi connectivity index (χ2v) is 5.69. The number of furan rings is 1. The Balaban J connectivity index is 1.63. The number of nitrogens with one attached hydrogen (secondary N) is 2. The highest BCUT2D eigenvalue weighted by Crippen LogP contribution is 2.13. The first-order valence-corrected chi connectivity index (χ1v) is 7.67. The molecule has 1 atom stereocenters. The third-order valence-corrected chi connectivity index (χ3v) is 4.10. The summed E-state index contributed by atoms with van der Waals surface area (Å²) < 4.78 is 5.05.